The minimum Gasteiger partial charge on any atom is -0.368 e. The standard InChI is InChI=1S/C26H36N2/c1-21(2)20-27-16-9-8-12-24(27)15-17-28(25-13-4-3-5-14-25)26-18-22-10-6-7-11-23(22)19-26/h3-7,10-11,13-14,21,24,26H,8-9,12,15-20H2,1-2H3. The molecule has 0 aromatic heterocycles. The van der Waals surface area contributed by atoms with Crippen LogP contribution in [0.2, 0.25) is 0 Å². The smallest absolute Gasteiger partial charge is 0.0370 e. The second kappa shape index (κ2) is 9.13. The predicted molar refractivity (Wildman–Crippen MR) is 120 cm³/mol. The Hall–Kier alpha value is -1.80. The fourth-order valence-corrected chi connectivity index (χ4v) is 5.28. The van der Waals surface area contributed by atoms with Crippen LogP contribution in [0.3, 0.4) is 0 Å². The summed E-state index contributed by atoms with van der Waals surface area (Å²) in [6.45, 7) is 8.44. The molecular weight excluding hydrogens is 340 g/mol. The Morgan fingerprint density at radius 1 is 0.929 bits per heavy atom. The lowest BCUT2D eigenvalue weighted by molar-refractivity contribution is 0.125. The molecule has 1 aliphatic heterocycles. The summed E-state index contributed by atoms with van der Waals surface area (Å²) in [6.07, 6.45) is 7.81. The molecular formula is C26H36N2. The van der Waals surface area contributed by atoms with E-state index in [2.05, 4.69) is 78.2 Å². The van der Waals surface area contributed by atoms with Crippen molar-refractivity contribution in [3.05, 3.63) is 65.7 Å². The SMILES string of the molecule is CC(C)CN1CCCCC1CCN(c1ccccc1)C1Cc2ccccc2C1. The van der Waals surface area contributed by atoms with E-state index in [0.717, 1.165) is 12.0 Å². The van der Waals surface area contributed by atoms with Gasteiger partial charge in [-0.05, 0) is 67.8 Å². The molecule has 1 unspecified atom stereocenters. The second-order valence-electron chi connectivity index (χ2n) is 9.19. The van der Waals surface area contributed by atoms with Gasteiger partial charge in [0.05, 0.1) is 0 Å². The van der Waals surface area contributed by atoms with Crippen LogP contribution >= 0.6 is 0 Å². The van der Waals surface area contributed by atoms with Crippen LogP contribution in [0.1, 0.15) is 50.7 Å². The Labute approximate surface area is 171 Å². The predicted octanol–water partition coefficient (Wildman–Crippen LogP) is 5.56. The monoisotopic (exact) mass is 376 g/mol. The molecule has 2 heteroatoms. The molecule has 1 aliphatic carbocycles. The molecule has 0 spiro atoms. The lowest BCUT2D eigenvalue weighted by atomic mass is 9.97. The highest BCUT2D eigenvalue weighted by Gasteiger charge is 2.29. The Bertz CT molecular complexity index is 714. The van der Waals surface area contributed by atoms with Gasteiger partial charge in [0.1, 0.15) is 0 Å². The fraction of sp³-hybridized carbons (Fsp3) is 0.538. The van der Waals surface area contributed by atoms with Gasteiger partial charge in [0.15, 0.2) is 0 Å². The zero-order chi connectivity index (χ0) is 19.3. The first-order valence-corrected chi connectivity index (χ1v) is 11.3. The highest BCUT2D eigenvalue weighted by Crippen LogP contribution is 2.30. The second-order valence-corrected chi connectivity index (χ2v) is 9.19. The summed E-state index contributed by atoms with van der Waals surface area (Å²) in [5.41, 5.74) is 4.49. The van der Waals surface area contributed by atoms with Crippen LogP contribution in [0.5, 0.6) is 0 Å². The van der Waals surface area contributed by atoms with Crippen LogP contribution < -0.4 is 4.90 Å². The third-order valence-corrected chi connectivity index (χ3v) is 6.61. The van der Waals surface area contributed by atoms with Gasteiger partial charge in [-0.25, -0.2) is 0 Å². The van der Waals surface area contributed by atoms with E-state index in [-0.39, 0.29) is 0 Å². The molecule has 28 heavy (non-hydrogen) atoms. The number of benzene rings is 2. The van der Waals surface area contributed by atoms with Crippen molar-refractivity contribution in [1.29, 1.82) is 0 Å². The number of fused-ring (bicyclic) bond motifs is 1. The molecule has 0 radical (unpaired) electrons. The normalized spacial score (nSPS) is 20.5. The molecule has 2 aromatic carbocycles. The van der Waals surface area contributed by atoms with Crippen LogP contribution in [0.25, 0.3) is 0 Å². The van der Waals surface area contributed by atoms with Crippen molar-refractivity contribution in [3.63, 3.8) is 0 Å². The van der Waals surface area contributed by atoms with E-state index in [1.54, 1.807) is 11.1 Å². The molecule has 2 aliphatic rings. The van der Waals surface area contributed by atoms with Crippen LogP contribution in [-0.4, -0.2) is 36.6 Å². The largest absolute Gasteiger partial charge is 0.368 e. The lowest BCUT2D eigenvalue weighted by Crippen LogP contribution is -2.45. The van der Waals surface area contributed by atoms with E-state index in [1.807, 2.05) is 0 Å². The maximum absolute atomic E-state index is 2.78. The molecule has 4 rings (SSSR count). The van der Waals surface area contributed by atoms with Crippen molar-refractivity contribution in [2.75, 3.05) is 24.5 Å². The van der Waals surface area contributed by atoms with Crippen LogP contribution in [0.15, 0.2) is 54.6 Å². The average Bonchev–Trinajstić information content (AvgIpc) is 3.13. The third-order valence-electron chi connectivity index (χ3n) is 6.61. The van der Waals surface area contributed by atoms with Gasteiger partial charge in [-0.15, -0.1) is 0 Å². The Kier molecular flexibility index (Phi) is 6.36. The van der Waals surface area contributed by atoms with E-state index in [9.17, 15) is 0 Å². The molecule has 1 heterocycles. The van der Waals surface area contributed by atoms with Crippen molar-refractivity contribution in [2.24, 2.45) is 5.92 Å². The van der Waals surface area contributed by atoms with Crippen molar-refractivity contribution in [3.8, 4) is 0 Å². The molecule has 0 saturated carbocycles. The summed E-state index contributed by atoms with van der Waals surface area (Å²) in [5.74, 6) is 0.759. The van der Waals surface area contributed by atoms with Gasteiger partial charge in [0.25, 0.3) is 0 Å². The summed E-state index contributed by atoms with van der Waals surface area (Å²) in [6, 6.07) is 21.5. The fourth-order valence-electron chi connectivity index (χ4n) is 5.28. The maximum Gasteiger partial charge on any atom is 0.0370 e. The zero-order valence-corrected chi connectivity index (χ0v) is 17.7. The highest BCUT2D eigenvalue weighted by atomic mass is 15.2. The summed E-state index contributed by atoms with van der Waals surface area (Å²) in [7, 11) is 0. The topological polar surface area (TPSA) is 6.48 Å². The lowest BCUT2D eigenvalue weighted by Gasteiger charge is -2.39. The number of rotatable bonds is 7. The van der Waals surface area contributed by atoms with Crippen molar-refractivity contribution in [2.45, 2.75) is 64.5 Å². The first kappa shape index (κ1) is 19.5. The maximum atomic E-state index is 2.78. The van der Waals surface area contributed by atoms with E-state index < -0.39 is 0 Å². The van der Waals surface area contributed by atoms with Gasteiger partial charge >= 0.3 is 0 Å². The Morgan fingerprint density at radius 3 is 2.29 bits per heavy atom. The Morgan fingerprint density at radius 2 is 1.61 bits per heavy atom. The molecule has 1 atom stereocenters. The number of anilines is 1. The van der Waals surface area contributed by atoms with Gasteiger partial charge in [0.2, 0.25) is 0 Å². The van der Waals surface area contributed by atoms with Crippen LogP contribution in [-0.2, 0) is 12.8 Å². The Balaban J connectivity index is 1.47. The van der Waals surface area contributed by atoms with E-state index >= 15 is 0 Å². The number of nitrogens with zero attached hydrogens (tertiary/aromatic N) is 2. The molecule has 1 saturated heterocycles. The number of likely N-dealkylation sites (tertiary alicyclic amines) is 1. The molecule has 0 N–H and O–H groups in total. The summed E-state index contributed by atoms with van der Waals surface area (Å²) in [5, 5.41) is 0. The highest BCUT2D eigenvalue weighted by molar-refractivity contribution is 5.49. The van der Waals surface area contributed by atoms with Crippen molar-refractivity contribution in [1.82, 2.24) is 4.90 Å². The molecule has 1 fully saturated rings. The van der Waals surface area contributed by atoms with Crippen molar-refractivity contribution >= 4 is 5.69 Å². The molecule has 2 nitrogen and oxygen atoms in total. The van der Waals surface area contributed by atoms with Gasteiger partial charge < -0.3 is 9.80 Å². The molecule has 2 aromatic rings. The summed E-state index contributed by atoms with van der Waals surface area (Å²) >= 11 is 0. The minimum absolute atomic E-state index is 0.599. The number of hydrogen-bond acceptors (Lipinski definition) is 2. The van der Waals surface area contributed by atoms with E-state index in [4.69, 9.17) is 0 Å². The number of para-hydroxylation sites is 1. The van der Waals surface area contributed by atoms with Crippen molar-refractivity contribution < 1.29 is 0 Å². The van der Waals surface area contributed by atoms with Gasteiger partial charge in [0, 0.05) is 30.9 Å². The van der Waals surface area contributed by atoms with Gasteiger partial charge in [-0.1, -0.05) is 62.7 Å². The number of hydrogen-bond donors (Lipinski definition) is 0. The third kappa shape index (κ3) is 4.60. The van der Waals surface area contributed by atoms with Gasteiger partial charge in [-0.2, -0.15) is 0 Å². The molecule has 0 amide bonds. The molecule has 150 valence electrons. The average molecular weight is 377 g/mol. The molecule has 0 bridgehead atoms. The number of piperidine rings is 1. The first-order chi connectivity index (χ1) is 13.7. The minimum atomic E-state index is 0.599. The van der Waals surface area contributed by atoms with Crippen LogP contribution in [0, 0.1) is 5.92 Å². The van der Waals surface area contributed by atoms with E-state index in [0.29, 0.717) is 6.04 Å². The van der Waals surface area contributed by atoms with Crippen LogP contribution in [0.4, 0.5) is 5.69 Å². The quantitative estimate of drug-likeness (QED) is 0.624. The van der Waals surface area contributed by atoms with E-state index in [1.165, 1.54) is 63.8 Å². The zero-order valence-electron chi connectivity index (χ0n) is 17.7. The summed E-state index contributed by atoms with van der Waals surface area (Å²) in [4.78, 5) is 5.49. The first-order valence-electron chi connectivity index (χ1n) is 11.3. The van der Waals surface area contributed by atoms with Gasteiger partial charge in [-0.3, -0.25) is 0 Å². The summed E-state index contributed by atoms with van der Waals surface area (Å²) < 4.78 is 0.